The van der Waals surface area contributed by atoms with Crippen LogP contribution in [0.1, 0.15) is 57.9 Å². The molecule has 0 saturated carbocycles. The molecule has 0 radical (unpaired) electrons. The average Bonchev–Trinajstić information content (AvgIpc) is 3.08. The van der Waals surface area contributed by atoms with Crippen LogP contribution in [0, 0.1) is 0 Å². The summed E-state index contributed by atoms with van der Waals surface area (Å²) >= 11 is 0. The summed E-state index contributed by atoms with van der Waals surface area (Å²) in [6.45, 7) is 9.44. The monoisotopic (exact) mass is 345 g/mol. The smallest absolute Gasteiger partial charge is 0.410 e. The molecule has 1 aromatic rings. The lowest BCUT2D eigenvalue weighted by Crippen LogP contribution is -2.41. The first-order valence-electron chi connectivity index (χ1n) is 9.46. The second-order valence-electron chi connectivity index (χ2n) is 8.25. The lowest BCUT2D eigenvalue weighted by atomic mass is 9.89. The van der Waals surface area contributed by atoms with Crippen LogP contribution in [0.3, 0.4) is 0 Å². The number of nitrogen functional groups attached to an aromatic ring is 1. The Kier molecular flexibility index (Phi) is 5.11. The zero-order valence-corrected chi connectivity index (χ0v) is 15.8. The second kappa shape index (κ2) is 7.14. The van der Waals surface area contributed by atoms with Crippen molar-refractivity contribution in [3.63, 3.8) is 0 Å². The molecule has 1 aromatic carbocycles. The summed E-state index contributed by atoms with van der Waals surface area (Å²) in [4.78, 5) is 16.4. The number of benzene rings is 1. The molecule has 2 aliphatic heterocycles. The van der Waals surface area contributed by atoms with E-state index in [9.17, 15) is 4.79 Å². The van der Waals surface area contributed by atoms with Gasteiger partial charge in [0.15, 0.2) is 0 Å². The zero-order chi connectivity index (χ0) is 18.0. The summed E-state index contributed by atoms with van der Waals surface area (Å²) in [5.41, 5.74) is 9.18. The molecule has 138 valence electrons. The van der Waals surface area contributed by atoms with Crippen LogP contribution in [0.2, 0.25) is 0 Å². The van der Waals surface area contributed by atoms with Gasteiger partial charge in [0.25, 0.3) is 0 Å². The largest absolute Gasteiger partial charge is 0.444 e. The number of piperidine rings is 1. The van der Waals surface area contributed by atoms with Crippen LogP contribution in [-0.4, -0.2) is 42.8 Å². The van der Waals surface area contributed by atoms with Crippen LogP contribution in [0.15, 0.2) is 18.2 Å². The molecule has 0 aliphatic carbocycles. The van der Waals surface area contributed by atoms with E-state index < -0.39 is 5.60 Å². The zero-order valence-electron chi connectivity index (χ0n) is 15.8. The van der Waals surface area contributed by atoms with E-state index in [1.54, 1.807) is 0 Å². The lowest BCUT2D eigenvalue weighted by molar-refractivity contribution is 0.0205. The highest BCUT2D eigenvalue weighted by atomic mass is 16.6. The van der Waals surface area contributed by atoms with Gasteiger partial charge in [0.05, 0.1) is 11.4 Å². The van der Waals surface area contributed by atoms with Crippen molar-refractivity contribution in [3.05, 3.63) is 23.8 Å². The van der Waals surface area contributed by atoms with Gasteiger partial charge in [-0.05, 0) is 70.1 Å². The highest BCUT2D eigenvalue weighted by molar-refractivity contribution is 5.70. The molecule has 25 heavy (non-hydrogen) atoms. The van der Waals surface area contributed by atoms with Gasteiger partial charge >= 0.3 is 6.09 Å². The maximum atomic E-state index is 12.2. The van der Waals surface area contributed by atoms with Crippen molar-refractivity contribution in [2.24, 2.45) is 0 Å². The maximum Gasteiger partial charge on any atom is 0.410 e. The van der Waals surface area contributed by atoms with E-state index in [1.807, 2.05) is 31.7 Å². The van der Waals surface area contributed by atoms with Crippen molar-refractivity contribution >= 4 is 17.5 Å². The Morgan fingerprint density at radius 1 is 1.12 bits per heavy atom. The average molecular weight is 345 g/mol. The fourth-order valence-corrected chi connectivity index (χ4v) is 3.77. The van der Waals surface area contributed by atoms with Gasteiger partial charge in [-0.1, -0.05) is 6.07 Å². The second-order valence-corrected chi connectivity index (χ2v) is 8.25. The van der Waals surface area contributed by atoms with Crippen molar-refractivity contribution in [2.75, 3.05) is 36.8 Å². The van der Waals surface area contributed by atoms with Gasteiger partial charge in [-0.25, -0.2) is 4.79 Å². The molecule has 0 atom stereocenters. The molecule has 3 rings (SSSR count). The van der Waals surface area contributed by atoms with E-state index >= 15 is 0 Å². The van der Waals surface area contributed by atoms with E-state index in [0.29, 0.717) is 5.92 Å². The number of nitrogens with two attached hydrogens (primary N) is 1. The topological polar surface area (TPSA) is 58.8 Å². The minimum absolute atomic E-state index is 0.194. The first kappa shape index (κ1) is 17.9. The van der Waals surface area contributed by atoms with Gasteiger partial charge in [0.2, 0.25) is 0 Å². The molecule has 0 spiro atoms. The third kappa shape index (κ3) is 4.39. The molecule has 2 heterocycles. The van der Waals surface area contributed by atoms with Crippen molar-refractivity contribution in [3.8, 4) is 0 Å². The number of ether oxygens (including phenoxy) is 1. The lowest BCUT2D eigenvalue weighted by Gasteiger charge is -2.34. The van der Waals surface area contributed by atoms with E-state index in [0.717, 1.165) is 44.7 Å². The summed E-state index contributed by atoms with van der Waals surface area (Å²) in [7, 11) is 0. The summed E-state index contributed by atoms with van der Waals surface area (Å²) < 4.78 is 5.48. The number of anilines is 2. The van der Waals surface area contributed by atoms with Crippen LogP contribution < -0.4 is 10.6 Å². The first-order valence-corrected chi connectivity index (χ1v) is 9.46. The molecule has 0 bridgehead atoms. The highest BCUT2D eigenvalue weighted by Gasteiger charge is 2.28. The number of hydrogen-bond acceptors (Lipinski definition) is 4. The predicted molar refractivity (Wildman–Crippen MR) is 102 cm³/mol. The number of carbonyl (C=O) groups excluding carboxylic acids is 1. The van der Waals surface area contributed by atoms with Crippen LogP contribution >= 0.6 is 0 Å². The van der Waals surface area contributed by atoms with Gasteiger partial charge in [-0.2, -0.15) is 0 Å². The standard InChI is InChI=1S/C20H31N3O2/c1-20(2,3)25-19(24)23-12-8-15(9-13-23)16-6-7-17(21)18(14-16)22-10-4-5-11-22/h6-7,14-15H,4-5,8-13,21H2,1-3H3. The number of carbonyl (C=O) groups is 1. The van der Waals surface area contributed by atoms with E-state index in [2.05, 4.69) is 17.0 Å². The Morgan fingerprint density at radius 3 is 2.36 bits per heavy atom. The molecule has 2 aliphatic rings. The molecule has 0 unspecified atom stereocenters. The summed E-state index contributed by atoms with van der Waals surface area (Å²) in [6.07, 6.45) is 4.25. The van der Waals surface area contributed by atoms with Crippen LogP contribution in [0.5, 0.6) is 0 Å². The van der Waals surface area contributed by atoms with Crippen molar-refractivity contribution in [2.45, 2.75) is 58.0 Å². The minimum atomic E-state index is -0.435. The Morgan fingerprint density at radius 2 is 1.76 bits per heavy atom. The molecule has 2 saturated heterocycles. The molecular formula is C20H31N3O2. The van der Waals surface area contributed by atoms with Crippen molar-refractivity contribution in [1.82, 2.24) is 4.90 Å². The molecule has 1 amide bonds. The molecule has 5 nitrogen and oxygen atoms in total. The SMILES string of the molecule is CC(C)(C)OC(=O)N1CCC(c2ccc(N)c(N3CCCC3)c2)CC1. The normalized spacial score (nSPS) is 19.3. The van der Waals surface area contributed by atoms with Gasteiger partial charge in [0.1, 0.15) is 5.60 Å². The number of hydrogen-bond donors (Lipinski definition) is 1. The number of amides is 1. The van der Waals surface area contributed by atoms with E-state index in [4.69, 9.17) is 10.5 Å². The Balaban J connectivity index is 1.63. The van der Waals surface area contributed by atoms with E-state index in [1.165, 1.54) is 24.1 Å². The number of likely N-dealkylation sites (tertiary alicyclic amines) is 1. The van der Waals surface area contributed by atoms with Crippen LogP contribution in [-0.2, 0) is 4.74 Å². The Bertz CT molecular complexity index is 610. The molecule has 2 fully saturated rings. The summed E-state index contributed by atoms with van der Waals surface area (Å²) in [5, 5.41) is 0. The van der Waals surface area contributed by atoms with Gasteiger partial charge < -0.3 is 20.3 Å². The first-order chi connectivity index (χ1) is 11.8. The Hall–Kier alpha value is -1.91. The van der Waals surface area contributed by atoms with Crippen molar-refractivity contribution < 1.29 is 9.53 Å². The molecule has 5 heteroatoms. The third-order valence-electron chi connectivity index (χ3n) is 5.12. The summed E-state index contributed by atoms with van der Waals surface area (Å²) in [5.74, 6) is 0.487. The van der Waals surface area contributed by atoms with Gasteiger partial charge in [0, 0.05) is 26.2 Å². The van der Waals surface area contributed by atoms with Gasteiger partial charge in [-0.15, -0.1) is 0 Å². The van der Waals surface area contributed by atoms with Gasteiger partial charge in [-0.3, -0.25) is 0 Å². The molecule has 0 aromatic heterocycles. The number of rotatable bonds is 2. The summed E-state index contributed by atoms with van der Waals surface area (Å²) in [6, 6.07) is 6.47. The fourth-order valence-electron chi connectivity index (χ4n) is 3.77. The molecular weight excluding hydrogens is 314 g/mol. The highest BCUT2D eigenvalue weighted by Crippen LogP contribution is 2.34. The Labute approximate surface area is 151 Å². The van der Waals surface area contributed by atoms with Crippen LogP contribution in [0.4, 0.5) is 16.2 Å². The predicted octanol–water partition coefficient (Wildman–Crippen LogP) is 3.98. The fraction of sp³-hybridized carbons (Fsp3) is 0.650. The van der Waals surface area contributed by atoms with Crippen molar-refractivity contribution in [1.29, 1.82) is 0 Å². The minimum Gasteiger partial charge on any atom is -0.444 e. The number of nitrogens with zero attached hydrogens (tertiary/aromatic N) is 2. The van der Waals surface area contributed by atoms with E-state index in [-0.39, 0.29) is 6.09 Å². The molecule has 2 N–H and O–H groups in total. The maximum absolute atomic E-state index is 12.2. The third-order valence-corrected chi connectivity index (χ3v) is 5.12. The van der Waals surface area contributed by atoms with Crippen LogP contribution in [0.25, 0.3) is 0 Å². The quantitative estimate of drug-likeness (QED) is 0.824.